The Balaban J connectivity index is 2.03. The molecule has 0 radical (unpaired) electrons. The van der Waals surface area contributed by atoms with Crippen LogP contribution < -0.4 is 5.73 Å². The summed E-state index contributed by atoms with van der Waals surface area (Å²) in [5.74, 6) is -8.19. The van der Waals surface area contributed by atoms with E-state index < -0.39 is 75.5 Å². The molecular weight excluding hydrogens is 444 g/mol. The number of aromatic hydroxyl groups is 1. The first-order valence-electron chi connectivity index (χ1n) is 9.69. The molecular formula is C21H21ClN2O8. The van der Waals surface area contributed by atoms with E-state index in [1.807, 2.05) is 0 Å². The van der Waals surface area contributed by atoms with E-state index in [0.717, 1.165) is 0 Å². The third kappa shape index (κ3) is 2.61. The van der Waals surface area contributed by atoms with Gasteiger partial charge in [-0.1, -0.05) is 11.6 Å². The number of phenols is 1. The zero-order valence-electron chi connectivity index (χ0n) is 17.0. The lowest BCUT2D eigenvalue weighted by molar-refractivity contribution is -0.155. The number of phenolic OH excluding ortho intramolecular Hbond substituents is 1. The van der Waals surface area contributed by atoms with Gasteiger partial charge in [-0.15, -0.1) is 0 Å². The van der Waals surface area contributed by atoms with E-state index in [0.29, 0.717) is 0 Å². The first-order chi connectivity index (χ1) is 14.8. The predicted molar refractivity (Wildman–Crippen MR) is 111 cm³/mol. The van der Waals surface area contributed by atoms with Gasteiger partial charge in [-0.25, -0.2) is 0 Å². The molecule has 0 heterocycles. The van der Waals surface area contributed by atoms with Crippen molar-refractivity contribution in [3.8, 4) is 5.75 Å². The maximum absolute atomic E-state index is 13.6. The SMILES string of the molecule is CN(C)[C@H]1C(=O)C(C(N)=O)=C(O)[C@@]2(O)C(=O)C3=C(O)c4c(O)ccc(Cl)c4[C@H](O)[C@@H]3C[C@H]12. The topological polar surface area (TPSA) is 182 Å². The van der Waals surface area contributed by atoms with Crippen LogP contribution in [0.15, 0.2) is 29.0 Å². The zero-order valence-corrected chi connectivity index (χ0v) is 17.8. The Morgan fingerprint density at radius 2 is 1.84 bits per heavy atom. The minimum atomic E-state index is -2.77. The van der Waals surface area contributed by atoms with Crippen molar-refractivity contribution in [3.05, 3.63) is 45.2 Å². The molecule has 170 valence electrons. The second-order valence-electron chi connectivity index (χ2n) is 8.47. The summed E-state index contributed by atoms with van der Waals surface area (Å²) in [6, 6.07) is 1.25. The summed E-state index contributed by atoms with van der Waals surface area (Å²) < 4.78 is 0. The van der Waals surface area contributed by atoms with Crippen LogP contribution in [0.5, 0.6) is 5.75 Å². The monoisotopic (exact) mass is 464 g/mol. The predicted octanol–water partition coefficient (Wildman–Crippen LogP) is 0.108. The lowest BCUT2D eigenvalue weighted by atomic mass is 9.57. The normalized spacial score (nSPS) is 32.1. The summed E-state index contributed by atoms with van der Waals surface area (Å²) >= 11 is 6.19. The average Bonchev–Trinajstić information content (AvgIpc) is 2.69. The summed E-state index contributed by atoms with van der Waals surface area (Å²) in [6.45, 7) is 0. The number of carbonyl (C=O) groups is 3. The van der Waals surface area contributed by atoms with Gasteiger partial charge in [-0.2, -0.15) is 0 Å². The van der Waals surface area contributed by atoms with Gasteiger partial charge in [-0.05, 0) is 32.6 Å². The highest BCUT2D eigenvalue weighted by molar-refractivity contribution is 6.32. The molecule has 1 saturated carbocycles. The summed E-state index contributed by atoms with van der Waals surface area (Å²) in [5, 5.41) is 54.4. The van der Waals surface area contributed by atoms with E-state index in [9.17, 15) is 39.9 Å². The Bertz CT molecular complexity index is 1160. The van der Waals surface area contributed by atoms with E-state index in [2.05, 4.69) is 0 Å². The Hall–Kier alpha value is -2.92. The summed E-state index contributed by atoms with van der Waals surface area (Å²) in [4.78, 5) is 39.8. The van der Waals surface area contributed by atoms with E-state index >= 15 is 0 Å². The molecule has 0 aliphatic heterocycles. The molecule has 10 nitrogen and oxygen atoms in total. The molecule has 11 heteroatoms. The Kier molecular flexibility index (Phi) is 4.90. The number of halogens is 1. The van der Waals surface area contributed by atoms with Gasteiger partial charge in [-0.3, -0.25) is 19.3 Å². The van der Waals surface area contributed by atoms with Crippen LogP contribution in [-0.2, 0) is 14.4 Å². The van der Waals surface area contributed by atoms with Crippen LogP contribution in [0.1, 0.15) is 23.7 Å². The quantitative estimate of drug-likeness (QED) is 0.331. The third-order valence-corrected chi connectivity index (χ3v) is 6.97. The van der Waals surface area contributed by atoms with Crippen molar-refractivity contribution in [2.24, 2.45) is 17.6 Å². The summed E-state index contributed by atoms with van der Waals surface area (Å²) in [5.41, 5.74) is 0.845. The van der Waals surface area contributed by atoms with Gasteiger partial charge >= 0.3 is 0 Å². The second kappa shape index (κ2) is 7.04. The molecule has 0 unspecified atom stereocenters. The van der Waals surface area contributed by atoms with Crippen molar-refractivity contribution in [3.63, 3.8) is 0 Å². The van der Waals surface area contributed by atoms with Crippen LogP contribution in [0.25, 0.3) is 5.76 Å². The number of nitrogens with two attached hydrogens (primary N) is 1. The number of hydrogen-bond donors (Lipinski definition) is 6. The van der Waals surface area contributed by atoms with Crippen molar-refractivity contribution in [2.45, 2.75) is 24.2 Å². The van der Waals surface area contributed by atoms with Crippen molar-refractivity contribution in [1.82, 2.24) is 4.90 Å². The number of aliphatic hydroxyl groups excluding tert-OH is 3. The van der Waals surface area contributed by atoms with E-state index in [1.54, 1.807) is 0 Å². The number of aliphatic hydroxyl groups is 4. The number of carbonyl (C=O) groups excluding carboxylic acids is 3. The van der Waals surface area contributed by atoms with Crippen molar-refractivity contribution >= 4 is 34.8 Å². The summed E-state index contributed by atoms with van der Waals surface area (Å²) in [7, 11) is 2.97. The molecule has 5 atom stereocenters. The fourth-order valence-corrected chi connectivity index (χ4v) is 5.51. The molecule has 0 saturated heterocycles. The molecule has 7 N–H and O–H groups in total. The van der Waals surface area contributed by atoms with Crippen molar-refractivity contribution in [2.75, 3.05) is 14.1 Å². The Morgan fingerprint density at radius 3 is 2.41 bits per heavy atom. The molecule has 1 amide bonds. The van der Waals surface area contributed by atoms with Crippen LogP contribution in [0, 0.1) is 11.8 Å². The fraction of sp³-hybridized carbons (Fsp3) is 0.381. The number of primary amides is 1. The van der Waals surface area contributed by atoms with E-state index in [-0.39, 0.29) is 22.6 Å². The van der Waals surface area contributed by atoms with Gasteiger partial charge in [0.1, 0.15) is 22.8 Å². The number of Topliss-reactive ketones (excluding diaryl/α,β-unsaturated/α-hetero) is 2. The van der Waals surface area contributed by atoms with E-state index in [1.165, 1.54) is 31.1 Å². The third-order valence-electron chi connectivity index (χ3n) is 6.64. The van der Waals surface area contributed by atoms with Gasteiger partial charge in [0.2, 0.25) is 5.78 Å². The highest BCUT2D eigenvalue weighted by Gasteiger charge is 2.65. The Labute approximate surface area is 186 Å². The standard InChI is InChI=1S/C21H21ClN2O8/c1-24(2)14-7-5-6-10(16(27)12-9(25)4-3-8(22)11(12)15(6)26)18(29)21(7,32)19(30)13(17(14)28)20(23)31/h3-4,6-7,14-15,25-27,30,32H,5H2,1-2H3,(H2,23,31)/t6-,7-,14-,15-,21+/m1/s1. The molecule has 1 fully saturated rings. The minimum Gasteiger partial charge on any atom is -0.508 e. The fourth-order valence-electron chi connectivity index (χ4n) is 5.24. The minimum absolute atomic E-state index is 0.00251. The Morgan fingerprint density at radius 1 is 1.22 bits per heavy atom. The first kappa shape index (κ1) is 22.3. The van der Waals surface area contributed by atoms with Gasteiger partial charge in [0, 0.05) is 28.0 Å². The smallest absolute Gasteiger partial charge is 0.255 e. The number of hydrogen-bond acceptors (Lipinski definition) is 9. The number of benzene rings is 1. The number of nitrogens with zero attached hydrogens (tertiary/aromatic N) is 1. The van der Waals surface area contributed by atoms with Gasteiger partial charge in [0.15, 0.2) is 11.4 Å². The number of fused-ring (bicyclic) bond motifs is 3. The molecule has 0 spiro atoms. The number of ketones is 2. The lowest BCUT2D eigenvalue weighted by Gasteiger charge is -2.51. The van der Waals surface area contributed by atoms with Gasteiger partial charge in [0.05, 0.1) is 17.7 Å². The van der Waals surface area contributed by atoms with Crippen LogP contribution in [0.2, 0.25) is 5.02 Å². The molecule has 32 heavy (non-hydrogen) atoms. The molecule has 3 aliphatic rings. The second-order valence-corrected chi connectivity index (χ2v) is 8.87. The zero-order chi connectivity index (χ0) is 23.9. The summed E-state index contributed by atoms with van der Waals surface area (Å²) in [6.07, 6.45) is -1.70. The van der Waals surface area contributed by atoms with Crippen LogP contribution in [0.3, 0.4) is 0 Å². The molecule has 4 rings (SSSR count). The molecule has 0 aromatic heterocycles. The van der Waals surface area contributed by atoms with Gasteiger partial charge in [0.25, 0.3) is 5.91 Å². The molecule has 1 aromatic rings. The molecule has 0 bridgehead atoms. The molecule has 3 aliphatic carbocycles. The molecule has 1 aromatic carbocycles. The number of amides is 1. The van der Waals surface area contributed by atoms with Crippen LogP contribution in [0.4, 0.5) is 0 Å². The lowest BCUT2D eigenvalue weighted by Crippen LogP contribution is -2.66. The largest absolute Gasteiger partial charge is 0.508 e. The van der Waals surface area contributed by atoms with E-state index in [4.69, 9.17) is 17.3 Å². The van der Waals surface area contributed by atoms with Crippen molar-refractivity contribution < 1.29 is 39.9 Å². The van der Waals surface area contributed by atoms with Gasteiger partial charge < -0.3 is 31.3 Å². The maximum atomic E-state index is 13.6. The average molecular weight is 465 g/mol. The number of likely N-dealkylation sites (N-methyl/N-ethyl adjacent to an activating group) is 1. The highest BCUT2D eigenvalue weighted by atomic mass is 35.5. The number of rotatable bonds is 2. The highest BCUT2D eigenvalue weighted by Crippen LogP contribution is 2.56. The first-order valence-corrected chi connectivity index (χ1v) is 10.1. The van der Waals surface area contributed by atoms with Crippen molar-refractivity contribution in [1.29, 1.82) is 0 Å². The van der Waals surface area contributed by atoms with Crippen LogP contribution >= 0.6 is 11.6 Å². The maximum Gasteiger partial charge on any atom is 0.255 e. The van der Waals surface area contributed by atoms with Crippen LogP contribution in [-0.4, -0.2) is 73.6 Å².